The number of carbonyl (C=O) groups is 1. The third-order valence-corrected chi connectivity index (χ3v) is 2.74. The number of rotatable bonds is 4. The monoisotopic (exact) mass is 223 g/mol. The van der Waals surface area contributed by atoms with Crippen molar-refractivity contribution in [3.63, 3.8) is 0 Å². The smallest absolute Gasteiger partial charge is 0.237 e. The molecule has 2 rings (SSSR count). The first-order chi connectivity index (χ1) is 7.86. The van der Waals surface area contributed by atoms with Crippen molar-refractivity contribution in [1.29, 1.82) is 0 Å². The van der Waals surface area contributed by atoms with Crippen LogP contribution in [0.5, 0.6) is 0 Å². The summed E-state index contributed by atoms with van der Waals surface area (Å²) in [7, 11) is 0. The molecule has 1 atom stereocenters. The van der Waals surface area contributed by atoms with E-state index >= 15 is 0 Å². The lowest BCUT2D eigenvalue weighted by atomic mass is 10.0. The predicted octanol–water partition coefficient (Wildman–Crippen LogP) is -0.464. The minimum absolute atomic E-state index is 0.00973. The number of aromatic nitrogens is 3. The molecule has 2 N–H and O–H groups in total. The zero-order valence-electron chi connectivity index (χ0n) is 9.22. The van der Waals surface area contributed by atoms with Gasteiger partial charge in [0.15, 0.2) is 0 Å². The highest BCUT2D eigenvalue weighted by Crippen LogP contribution is 2.06. The van der Waals surface area contributed by atoms with E-state index in [0.29, 0.717) is 13.1 Å². The summed E-state index contributed by atoms with van der Waals surface area (Å²) in [6.07, 6.45) is 6.65. The van der Waals surface area contributed by atoms with Crippen LogP contribution in [0.2, 0.25) is 0 Å². The molecule has 0 bridgehead atoms. The Labute approximate surface area is 94.4 Å². The van der Waals surface area contributed by atoms with Gasteiger partial charge in [-0.05, 0) is 19.4 Å². The van der Waals surface area contributed by atoms with Crippen LogP contribution < -0.4 is 10.6 Å². The van der Waals surface area contributed by atoms with Crippen molar-refractivity contribution >= 4 is 5.91 Å². The molecule has 1 saturated heterocycles. The topological polar surface area (TPSA) is 71.8 Å². The first-order valence-corrected chi connectivity index (χ1v) is 5.71. The van der Waals surface area contributed by atoms with Gasteiger partial charge in [-0.25, -0.2) is 0 Å². The molecule has 0 aromatic carbocycles. The molecule has 1 aromatic rings. The van der Waals surface area contributed by atoms with E-state index in [-0.39, 0.29) is 11.9 Å². The summed E-state index contributed by atoms with van der Waals surface area (Å²) in [5.41, 5.74) is 0. The van der Waals surface area contributed by atoms with Crippen LogP contribution in [-0.4, -0.2) is 40.0 Å². The van der Waals surface area contributed by atoms with E-state index in [1.807, 2.05) is 0 Å². The Morgan fingerprint density at radius 2 is 2.50 bits per heavy atom. The van der Waals surface area contributed by atoms with Crippen molar-refractivity contribution in [2.24, 2.45) is 0 Å². The van der Waals surface area contributed by atoms with E-state index in [1.54, 1.807) is 17.1 Å². The lowest BCUT2D eigenvalue weighted by Crippen LogP contribution is -2.47. The van der Waals surface area contributed by atoms with Crippen molar-refractivity contribution in [3.05, 3.63) is 12.4 Å². The number of nitrogens with one attached hydrogen (secondary N) is 2. The number of carbonyl (C=O) groups excluding carboxylic acids is 1. The molecule has 2 heterocycles. The van der Waals surface area contributed by atoms with Gasteiger partial charge in [-0.15, -0.1) is 5.10 Å². The highest BCUT2D eigenvalue weighted by Gasteiger charge is 2.19. The second kappa shape index (κ2) is 5.60. The van der Waals surface area contributed by atoms with E-state index in [0.717, 1.165) is 19.4 Å². The summed E-state index contributed by atoms with van der Waals surface area (Å²) in [6, 6.07) is -0.00973. The van der Waals surface area contributed by atoms with Gasteiger partial charge in [0, 0.05) is 12.7 Å². The molecule has 0 spiro atoms. The van der Waals surface area contributed by atoms with Gasteiger partial charge in [0.25, 0.3) is 0 Å². The predicted molar refractivity (Wildman–Crippen MR) is 58.7 cm³/mol. The van der Waals surface area contributed by atoms with Crippen molar-refractivity contribution in [2.75, 3.05) is 13.1 Å². The van der Waals surface area contributed by atoms with Crippen LogP contribution in [0, 0.1) is 0 Å². The van der Waals surface area contributed by atoms with Crippen LogP contribution in [0.15, 0.2) is 12.4 Å². The lowest BCUT2D eigenvalue weighted by Gasteiger charge is -2.22. The van der Waals surface area contributed by atoms with Gasteiger partial charge in [0.2, 0.25) is 5.91 Å². The van der Waals surface area contributed by atoms with Gasteiger partial charge < -0.3 is 10.6 Å². The summed E-state index contributed by atoms with van der Waals surface area (Å²) in [4.78, 5) is 11.7. The van der Waals surface area contributed by atoms with E-state index < -0.39 is 0 Å². The normalized spacial score (nSPS) is 20.6. The van der Waals surface area contributed by atoms with Gasteiger partial charge in [-0.2, -0.15) is 0 Å². The maximum atomic E-state index is 11.7. The number of hydrogen-bond donors (Lipinski definition) is 2. The molecule has 0 saturated carbocycles. The molecule has 1 amide bonds. The Bertz CT molecular complexity index is 318. The Balaban J connectivity index is 1.67. The number of piperidine rings is 1. The highest BCUT2D eigenvalue weighted by molar-refractivity contribution is 5.81. The highest BCUT2D eigenvalue weighted by atomic mass is 16.2. The number of nitrogens with zero attached hydrogens (tertiary/aromatic N) is 3. The fourth-order valence-electron chi connectivity index (χ4n) is 1.84. The molecular weight excluding hydrogens is 206 g/mol. The molecule has 1 aromatic heterocycles. The molecule has 6 heteroatoms. The minimum Gasteiger partial charge on any atom is -0.353 e. The van der Waals surface area contributed by atoms with Crippen LogP contribution in [0.4, 0.5) is 0 Å². The Hall–Kier alpha value is -1.43. The summed E-state index contributed by atoms with van der Waals surface area (Å²) in [5, 5.41) is 13.6. The summed E-state index contributed by atoms with van der Waals surface area (Å²) in [6.45, 7) is 2.21. The zero-order chi connectivity index (χ0) is 11.2. The Morgan fingerprint density at radius 1 is 1.56 bits per heavy atom. The Kier molecular flexibility index (Phi) is 3.87. The molecule has 1 fully saturated rings. The van der Waals surface area contributed by atoms with E-state index in [9.17, 15) is 4.79 Å². The fraction of sp³-hybridized carbons (Fsp3) is 0.700. The first kappa shape index (κ1) is 11.1. The second-order valence-corrected chi connectivity index (χ2v) is 3.96. The van der Waals surface area contributed by atoms with Gasteiger partial charge in [-0.1, -0.05) is 11.6 Å². The third-order valence-electron chi connectivity index (χ3n) is 2.74. The molecular formula is C10H17N5O. The van der Waals surface area contributed by atoms with Crippen LogP contribution in [0.3, 0.4) is 0 Å². The van der Waals surface area contributed by atoms with E-state index in [2.05, 4.69) is 20.9 Å². The molecule has 16 heavy (non-hydrogen) atoms. The molecule has 6 nitrogen and oxygen atoms in total. The van der Waals surface area contributed by atoms with E-state index in [4.69, 9.17) is 0 Å². The van der Waals surface area contributed by atoms with Gasteiger partial charge in [0.05, 0.1) is 18.8 Å². The average molecular weight is 223 g/mol. The summed E-state index contributed by atoms with van der Waals surface area (Å²) < 4.78 is 1.70. The maximum Gasteiger partial charge on any atom is 0.237 e. The molecule has 1 aliphatic heterocycles. The lowest BCUT2D eigenvalue weighted by molar-refractivity contribution is -0.123. The zero-order valence-corrected chi connectivity index (χ0v) is 9.22. The molecule has 0 radical (unpaired) electrons. The standard InChI is InChI=1S/C10H17N5O/c16-10(9-3-1-2-4-11-9)12-5-7-15-8-6-13-14-15/h6,8-9,11H,1-5,7H2,(H,12,16). The summed E-state index contributed by atoms with van der Waals surface area (Å²) in [5.74, 6) is 0.0971. The minimum atomic E-state index is -0.00973. The quantitative estimate of drug-likeness (QED) is 0.724. The SMILES string of the molecule is O=C(NCCn1ccnn1)C1CCCCN1. The van der Waals surface area contributed by atoms with E-state index in [1.165, 1.54) is 6.42 Å². The van der Waals surface area contributed by atoms with Crippen molar-refractivity contribution in [2.45, 2.75) is 31.8 Å². The first-order valence-electron chi connectivity index (χ1n) is 5.71. The Morgan fingerprint density at radius 3 is 3.19 bits per heavy atom. The van der Waals surface area contributed by atoms with Crippen LogP contribution >= 0.6 is 0 Å². The van der Waals surface area contributed by atoms with Crippen LogP contribution in [0.1, 0.15) is 19.3 Å². The number of hydrogen-bond acceptors (Lipinski definition) is 4. The molecule has 0 aliphatic carbocycles. The van der Waals surface area contributed by atoms with Crippen molar-refractivity contribution in [3.8, 4) is 0 Å². The summed E-state index contributed by atoms with van der Waals surface area (Å²) >= 11 is 0. The maximum absolute atomic E-state index is 11.7. The van der Waals surface area contributed by atoms with Crippen molar-refractivity contribution < 1.29 is 4.79 Å². The van der Waals surface area contributed by atoms with Crippen molar-refractivity contribution in [1.82, 2.24) is 25.6 Å². The van der Waals surface area contributed by atoms with Crippen LogP contribution in [-0.2, 0) is 11.3 Å². The number of amides is 1. The molecule has 88 valence electrons. The molecule has 1 unspecified atom stereocenters. The second-order valence-electron chi connectivity index (χ2n) is 3.96. The fourth-order valence-corrected chi connectivity index (χ4v) is 1.84. The van der Waals surface area contributed by atoms with Gasteiger partial charge >= 0.3 is 0 Å². The van der Waals surface area contributed by atoms with Gasteiger partial charge in [-0.3, -0.25) is 9.48 Å². The third kappa shape index (κ3) is 3.03. The molecule has 1 aliphatic rings. The van der Waals surface area contributed by atoms with Gasteiger partial charge in [0.1, 0.15) is 0 Å². The largest absolute Gasteiger partial charge is 0.353 e. The van der Waals surface area contributed by atoms with Crippen LogP contribution in [0.25, 0.3) is 0 Å². The average Bonchev–Trinajstić information content (AvgIpc) is 2.83.